The summed E-state index contributed by atoms with van der Waals surface area (Å²) in [7, 11) is 0. The minimum Gasteiger partial charge on any atom is -0.334 e. The highest BCUT2D eigenvalue weighted by Gasteiger charge is 2.43. The number of benzene rings is 1. The van der Waals surface area contributed by atoms with Crippen molar-refractivity contribution in [2.45, 2.75) is 25.3 Å². The number of nitriles is 2. The zero-order chi connectivity index (χ0) is 13.2. The van der Waals surface area contributed by atoms with Gasteiger partial charge < -0.3 is 5.32 Å². The van der Waals surface area contributed by atoms with Gasteiger partial charge in [0.2, 0.25) is 0 Å². The summed E-state index contributed by atoms with van der Waals surface area (Å²) in [5, 5.41) is 20.6. The zero-order valence-electron chi connectivity index (χ0n) is 10.1. The van der Waals surface area contributed by atoms with Crippen LogP contribution < -0.4 is 5.32 Å². The molecule has 1 aromatic carbocycles. The van der Waals surface area contributed by atoms with Gasteiger partial charge in [0.1, 0.15) is 5.54 Å². The molecule has 2 rings (SSSR count). The first kappa shape index (κ1) is 12.1. The molecule has 0 unspecified atom stereocenters. The maximum absolute atomic E-state index is 12.0. The molecule has 0 aliphatic heterocycles. The lowest BCUT2D eigenvalue weighted by molar-refractivity contribution is 0.0917. The van der Waals surface area contributed by atoms with Crippen LogP contribution in [0.3, 0.4) is 0 Å². The van der Waals surface area contributed by atoms with Crippen molar-refractivity contribution >= 4 is 5.91 Å². The van der Waals surface area contributed by atoms with Crippen molar-refractivity contribution in [3.8, 4) is 12.1 Å². The molecule has 1 aliphatic rings. The number of rotatable bonds is 3. The second-order valence-electron chi connectivity index (χ2n) is 4.73. The molecule has 1 aliphatic carbocycles. The predicted molar refractivity (Wildman–Crippen MR) is 65.4 cm³/mol. The van der Waals surface area contributed by atoms with E-state index in [-0.39, 0.29) is 11.8 Å². The smallest absolute Gasteiger partial charge is 0.252 e. The van der Waals surface area contributed by atoms with Crippen molar-refractivity contribution in [2.75, 3.05) is 0 Å². The largest absolute Gasteiger partial charge is 0.334 e. The Morgan fingerprint density at radius 1 is 1.33 bits per heavy atom. The molecule has 4 heteroatoms. The number of nitrogens with one attached hydrogen (secondary N) is 1. The van der Waals surface area contributed by atoms with Crippen molar-refractivity contribution in [2.24, 2.45) is 5.92 Å². The van der Waals surface area contributed by atoms with Gasteiger partial charge >= 0.3 is 0 Å². The van der Waals surface area contributed by atoms with E-state index in [4.69, 9.17) is 10.5 Å². The quantitative estimate of drug-likeness (QED) is 0.876. The Kier molecular flexibility index (Phi) is 3.04. The van der Waals surface area contributed by atoms with Gasteiger partial charge in [0.15, 0.2) is 0 Å². The lowest BCUT2D eigenvalue weighted by atomic mass is 9.97. The standard InChI is InChI=1S/C14H13N3O/c1-14(9-16,12-6-7-12)17-13(18)11-4-2-10(8-15)3-5-11/h2-5,12H,6-7H2,1H3,(H,17,18)/t14-/m0/s1. The van der Waals surface area contributed by atoms with Gasteiger partial charge in [-0.3, -0.25) is 4.79 Å². The SMILES string of the molecule is C[C@@](C#N)(NC(=O)c1ccc(C#N)cc1)C1CC1. The molecule has 0 spiro atoms. The molecule has 1 fully saturated rings. The predicted octanol–water partition coefficient (Wildman–Crippen LogP) is 1.98. The Hall–Kier alpha value is -2.33. The number of amides is 1. The number of hydrogen-bond acceptors (Lipinski definition) is 3. The van der Waals surface area contributed by atoms with Crippen molar-refractivity contribution in [1.29, 1.82) is 10.5 Å². The van der Waals surface area contributed by atoms with E-state index in [0.717, 1.165) is 12.8 Å². The molecule has 0 heterocycles. The molecule has 1 aromatic rings. The monoisotopic (exact) mass is 239 g/mol. The van der Waals surface area contributed by atoms with E-state index in [1.807, 2.05) is 6.07 Å². The molecule has 0 aromatic heterocycles. The van der Waals surface area contributed by atoms with Crippen molar-refractivity contribution in [3.05, 3.63) is 35.4 Å². The van der Waals surface area contributed by atoms with E-state index in [1.54, 1.807) is 31.2 Å². The van der Waals surface area contributed by atoms with Crippen LogP contribution >= 0.6 is 0 Å². The summed E-state index contributed by atoms with van der Waals surface area (Å²) in [5.74, 6) is -0.0136. The van der Waals surface area contributed by atoms with Crippen LogP contribution in [0.2, 0.25) is 0 Å². The lowest BCUT2D eigenvalue weighted by Crippen LogP contribution is -2.46. The van der Waals surface area contributed by atoms with Crippen LogP contribution in [0.5, 0.6) is 0 Å². The van der Waals surface area contributed by atoms with E-state index >= 15 is 0 Å². The Morgan fingerprint density at radius 2 is 1.94 bits per heavy atom. The van der Waals surface area contributed by atoms with Crippen LogP contribution in [-0.2, 0) is 0 Å². The second kappa shape index (κ2) is 4.50. The highest BCUT2D eigenvalue weighted by Crippen LogP contribution is 2.39. The summed E-state index contributed by atoms with van der Waals surface area (Å²) < 4.78 is 0. The van der Waals surface area contributed by atoms with Crippen LogP contribution in [-0.4, -0.2) is 11.4 Å². The third kappa shape index (κ3) is 2.33. The first-order chi connectivity index (χ1) is 8.59. The van der Waals surface area contributed by atoms with Gasteiger partial charge in [-0.05, 0) is 49.9 Å². The van der Waals surface area contributed by atoms with E-state index in [0.29, 0.717) is 11.1 Å². The topological polar surface area (TPSA) is 76.7 Å². The first-order valence-corrected chi connectivity index (χ1v) is 5.83. The Morgan fingerprint density at radius 3 is 2.39 bits per heavy atom. The fourth-order valence-electron chi connectivity index (χ4n) is 1.89. The molecule has 90 valence electrons. The molecule has 0 bridgehead atoms. The number of nitrogens with zero attached hydrogens (tertiary/aromatic N) is 2. The van der Waals surface area contributed by atoms with Gasteiger partial charge in [-0.2, -0.15) is 10.5 Å². The van der Waals surface area contributed by atoms with Crippen molar-refractivity contribution in [3.63, 3.8) is 0 Å². The van der Waals surface area contributed by atoms with Crippen LogP contribution in [0.1, 0.15) is 35.7 Å². The molecule has 0 saturated heterocycles. The lowest BCUT2D eigenvalue weighted by Gasteiger charge is -2.22. The molecule has 4 nitrogen and oxygen atoms in total. The van der Waals surface area contributed by atoms with Crippen molar-refractivity contribution < 1.29 is 4.79 Å². The first-order valence-electron chi connectivity index (χ1n) is 5.83. The normalized spacial score (nSPS) is 17.1. The summed E-state index contributed by atoms with van der Waals surface area (Å²) >= 11 is 0. The Labute approximate surface area is 106 Å². The summed E-state index contributed by atoms with van der Waals surface area (Å²) in [6.07, 6.45) is 1.97. The van der Waals surface area contributed by atoms with Gasteiger partial charge in [0, 0.05) is 5.56 Å². The second-order valence-corrected chi connectivity index (χ2v) is 4.73. The minimum absolute atomic E-state index is 0.254. The fourth-order valence-corrected chi connectivity index (χ4v) is 1.89. The highest BCUT2D eigenvalue weighted by atomic mass is 16.1. The summed E-state index contributed by atoms with van der Waals surface area (Å²) in [6, 6.07) is 10.6. The van der Waals surface area contributed by atoms with Crippen LogP contribution in [0.15, 0.2) is 24.3 Å². The molecule has 18 heavy (non-hydrogen) atoms. The van der Waals surface area contributed by atoms with Crippen LogP contribution in [0, 0.1) is 28.6 Å². The summed E-state index contributed by atoms with van der Waals surface area (Å²) in [5.41, 5.74) is 0.193. The molecule has 1 N–H and O–H groups in total. The van der Waals surface area contributed by atoms with E-state index in [1.165, 1.54) is 0 Å². The third-order valence-electron chi connectivity index (χ3n) is 3.28. The molecule has 1 amide bonds. The molecular weight excluding hydrogens is 226 g/mol. The fraction of sp³-hybridized carbons (Fsp3) is 0.357. The van der Waals surface area contributed by atoms with Gasteiger partial charge in [-0.15, -0.1) is 0 Å². The van der Waals surface area contributed by atoms with E-state index in [9.17, 15) is 4.79 Å². The van der Waals surface area contributed by atoms with Gasteiger partial charge in [-0.25, -0.2) is 0 Å². The van der Waals surface area contributed by atoms with Gasteiger partial charge in [0.05, 0.1) is 17.7 Å². The zero-order valence-corrected chi connectivity index (χ0v) is 10.1. The molecule has 1 atom stereocenters. The minimum atomic E-state index is -0.787. The summed E-state index contributed by atoms with van der Waals surface area (Å²) in [4.78, 5) is 12.0. The average Bonchev–Trinajstić information content (AvgIpc) is 3.23. The Balaban J connectivity index is 2.12. The highest BCUT2D eigenvalue weighted by molar-refractivity contribution is 5.95. The molecule has 1 saturated carbocycles. The molecule has 0 radical (unpaired) electrons. The van der Waals surface area contributed by atoms with Gasteiger partial charge in [0.25, 0.3) is 5.91 Å². The van der Waals surface area contributed by atoms with Crippen LogP contribution in [0.4, 0.5) is 0 Å². The van der Waals surface area contributed by atoms with E-state index < -0.39 is 5.54 Å². The van der Waals surface area contributed by atoms with E-state index in [2.05, 4.69) is 11.4 Å². The third-order valence-corrected chi connectivity index (χ3v) is 3.28. The maximum atomic E-state index is 12.0. The number of carbonyl (C=O) groups excluding carboxylic acids is 1. The number of hydrogen-bond donors (Lipinski definition) is 1. The maximum Gasteiger partial charge on any atom is 0.252 e. The van der Waals surface area contributed by atoms with Gasteiger partial charge in [-0.1, -0.05) is 0 Å². The summed E-state index contributed by atoms with van der Waals surface area (Å²) in [6.45, 7) is 1.76. The average molecular weight is 239 g/mol. The Bertz CT molecular complexity index is 546. The number of carbonyl (C=O) groups is 1. The van der Waals surface area contributed by atoms with Crippen LogP contribution in [0.25, 0.3) is 0 Å². The van der Waals surface area contributed by atoms with Crippen molar-refractivity contribution in [1.82, 2.24) is 5.32 Å². The molecular formula is C14H13N3O.